The Morgan fingerprint density at radius 2 is 2.07 bits per heavy atom. The number of hydrogen-bond acceptors (Lipinski definition) is 3. The average molecular weight is 222 g/mol. The number of hydrogen-bond donors (Lipinski definition) is 1. The normalized spacial score (nSPS) is 12.8. The zero-order valence-electron chi connectivity index (χ0n) is 7.02. The zero-order chi connectivity index (χ0) is 10.8. The van der Waals surface area contributed by atoms with Crippen LogP contribution in [0.1, 0.15) is 5.69 Å². The van der Waals surface area contributed by atoms with Crippen LogP contribution in [0, 0.1) is 0 Å². The highest BCUT2D eigenvalue weighted by Gasteiger charge is 2.37. The summed E-state index contributed by atoms with van der Waals surface area (Å²) in [5, 5.41) is 4.52. The highest BCUT2D eigenvalue weighted by atomic mass is 32.2. The van der Waals surface area contributed by atoms with Crippen LogP contribution in [0.4, 0.5) is 8.78 Å². The first-order valence-electron chi connectivity index (χ1n) is 3.61. The minimum Gasteiger partial charge on any atom is -0.255 e. The summed E-state index contributed by atoms with van der Waals surface area (Å²) in [4.78, 5) is 3.36. The van der Waals surface area contributed by atoms with Gasteiger partial charge in [0.1, 0.15) is 11.4 Å². The van der Waals surface area contributed by atoms with Crippen molar-refractivity contribution in [2.45, 2.75) is 5.92 Å². The van der Waals surface area contributed by atoms with Crippen LogP contribution < -0.4 is 5.14 Å². The van der Waals surface area contributed by atoms with Crippen molar-refractivity contribution in [3.05, 3.63) is 30.1 Å². The van der Waals surface area contributed by atoms with Crippen LogP contribution in [0.3, 0.4) is 0 Å². The lowest BCUT2D eigenvalue weighted by Crippen LogP contribution is -2.30. The third-order valence-electron chi connectivity index (χ3n) is 1.42. The average Bonchev–Trinajstić information content (AvgIpc) is 2.01. The molecule has 0 saturated heterocycles. The molecular weight excluding hydrogens is 214 g/mol. The summed E-state index contributed by atoms with van der Waals surface area (Å²) in [6.45, 7) is 0. The highest BCUT2D eigenvalue weighted by molar-refractivity contribution is 7.89. The van der Waals surface area contributed by atoms with E-state index in [1.165, 1.54) is 12.1 Å². The molecule has 1 heterocycles. The fourth-order valence-electron chi connectivity index (χ4n) is 0.906. The maximum Gasteiger partial charge on any atom is 0.304 e. The van der Waals surface area contributed by atoms with Crippen molar-refractivity contribution in [3.63, 3.8) is 0 Å². The van der Waals surface area contributed by atoms with Crippen LogP contribution in [0.15, 0.2) is 24.4 Å². The van der Waals surface area contributed by atoms with Gasteiger partial charge in [-0.05, 0) is 12.1 Å². The molecule has 7 heteroatoms. The van der Waals surface area contributed by atoms with Crippen molar-refractivity contribution >= 4 is 10.0 Å². The maximum absolute atomic E-state index is 13.1. The molecule has 0 radical (unpaired) electrons. The van der Waals surface area contributed by atoms with Crippen molar-refractivity contribution in [1.82, 2.24) is 4.98 Å². The molecule has 1 aromatic heterocycles. The van der Waals surface area contributed by atoms with Gasteiger partial charge in [0.05, 0.1) is 0 Å². The molecule has 0 atom stereocenters. The Bertz CT molecular complexity index is 405. The maximum atomic E-state index is 13.1. The van der Waals surface area contributed by atoms with Crippen molar-refractivity contribution in [2.75, 3.05) is 5.75 Å². The number of rotatable bonds is 3. The Morgan fingerprint density at radius 1 is 1.43 bits per heavy atom. The van der Waals surface area contributed by atoms with Crippen molar-refractivity contribution < 1.29 is 17.2 Å². The third-order valence-corrected chi connectivity index (χ3v) is 2.19. The van der Waals surface area contributed by atoms with Crippen LogP contribution >= 0.6 is 0 Å². The zero-order valence-corrected chi connectivity index (χ0v) is 7.84. The van der Waals surface area contributed by atoms with Gasteiger partial charge in [0.25, 0.3) is 0 Å². The summed E-state index contributed by atoms with van der Waals surface area (Å²) >= 11 is 0. The Labute approximate surface area is 79.8 Å². The molecule has 0 fully saturated rings. The third kappa shape index (κ3) is 3.00. The van der Waals surface area contributed by atoms with Gasteiger partial charge < -0.3 is 0 Å². The van der Waals surface area contributed by atoms with Gasteiger partial charge in [0.15, 0.2) is 0 Å². The minimum absolute atomic E-state index is 0.603. The van der Waals surface area contributed by atoms with Gasteiger partial charge in [-0.15, -0.1) is 0 Å². The smallest absolute Gasteiger partial charge is 0.255 e. The number of sulfonamides is 1. The largest absolute Gasteiger partial charge is 0.304 e. The number of aromatic nitrogens is 1. The predicted octanol–water partition coefficient (Wildman–Crippen LogP) is 0.462. The molecule has 0 spiro atoms. The minimum atomic E-state index is -4.22. The highest BCUT2D eigenvalue weighted by Crippen LogP contribution is 2.26. The molecular formula is C7H8F2N2O2S. The Hall–Kier alpha value is -1.08. The van der Waals surface area contributed by atoms with E-state index in [1.54, 1.807) is 0 Å². The first kappa shape index (κ1) is 11.0. The standard InChI is InChI=1S/C7H8F2N2O2S/c8-7(9,5-14(10,12)13)6-3-1-2-4-11-6/h1-4H,5H2,(H2,10,12,13). The van der Waals surface area contributed by atoms with Gasteiger partial charge in [-0.2, -0.15) is 8.78 Å². The van der Waals surface area contributed by atoms with Crippen LogP contribution in [0.2, 0.25) is 0 Å². The Kier molecular flexibility index (Phi) is 2.81. The van der Waals surface area contributed by atoms with E-state index in [4.69, 9.17) is 0 Å². The Balaban J connectivity index is 2.97. The number of halogens is 2. The first-order chi connectivity index (χ1) is 6.31. The fourth-order valence-corrected chi connectivity index (χ4v) is 1.56. The molecule has 0 aromatic carbocycles. The molecule has 1 rings (SSSR count). The van der Waals surface area contributed by atoms with Gasteiger partial charge in [-0.1, -0.05) is 6.07 Å². The molecule has 0 aliphatic heterocycles. The molecule has 0 unspecified atom stereocenters. The predicted molar refractivity (Wildman–Crippen MR) is 46.1 cm³/mol. The number of nitrogens with zero attached hydrogens (tertiary/aromatic N) is 1. The van der Waals surface area contributed by atoms with Gasteiger partial charge in [-0.3, -0.25) is 4.98 Å². The van der Waals surface area contributed by atoms with E-state index in [0.29, 0.717) is 0 Å². The summed E-state index contributed by atoms with van der Waals surface area (Å²) in [6, 6.07) is 3.85. The number of alkyl halides is 2. The molecule has 2 N–H and O–H groups in total. The summed E-state index contributed by atoms with van der Waals surface area (Å²) < 4.78 is 47.2. The second kappa shape index (κ2) is 3.58. The summed E-state index contributed by atoms with van der Waals surface area (Å²) in [5.41, 5.74) is -0.603. The van der Waals surface area contributed by atoms with Crippen molar-refractivity contribution in [1.29, 1.82) is 0 Å². The quantitative estimate of drug-likeness (QED) is 0.807. The Morgan fingerprint density at radius 3 is 2.50 bits per heavy atom. The van der Waals surface area contributed by atoms with E-state index in [0.717, 1.165) is 12.3 Å². The van der Waals surface area contributed by atoms with E-state index in [9.17, 15) is 17.2 Å². The second-order valence-corrected chi connectivity index (χ2v) is 4.34. The molecule has 14 heavy (non-hydrogen) atoms. The molecule has 0 bridgehead atoms. The SMILES string of the molecule is NS(=O)(=O)CC(F)(F)c1ccccn1. The van der Waals surface area contributed by atoms with Crippen LogP contribution in [0.25, 0.3) is 0 Å². The summed E-state index contributed by atoms with van der Waals surface area (Å²) in [6.07, 6.45) is 1.16. The van der Waals surface area contributed by atoms with Crippen LogP contribution in [-0.4, -0.2) is 19.2 Å². The van der Waals surface area contributed by atoms with Gasteiger partial charge >= 0.3 is 5.92 Å². The lowest BCUT2D eigenvalue weighted by Gasteiger charge is -2.13. The van der Waals surface area contributed by atoms with E-state index in [2.05, 4.69) is 10.1 Å². The van der Waals surface area contributed by atoms with Crippen LogP contribution in [0.5, 0.6) is 0 Å². The molecule has 78 valence electrons. The van der Waals surface area contributed by atoms with Crippen LogP contribution in [-0.2, 0) is 15.9 Å². The molecule has 0 saturated carbocycles. The molecule has 1 aromatic rings. The monoisotopic (exact) mass is 222 g/mol. The number of nitrogens with two attached hydrogens (primary N) is 1. The number of pyridine rings is 1. The lowest BCUT2D eigenvalue weighted by molar-refractivity contribution is 0.0166. The first-order valence-corrected chi connectivity index (χ1v) is 5.33. The van der Waals surface area contributed by atoms with E-state index < -0.39 is 27.4 Å². The van der Waals surface area contributed by atoms with E-state index in [1.807, 2.05) is 0 Å². The van der Waals surface area contributed by atoms with Crippen molar-refractivity contribution in [3.8, 4) is 0 Å². The molecule has 0 aliphatic rings. The van der Waals surface area contributed by atoms with Gasteiger partial charge in [0.2, 0.25) is 10.0 Å². The van der Waals surface area contributed by atoms with Gasteiger partial charge in [-0.25, -0.2) is 13.6 Å². The molecule has 0 aliphatic carbocycles. The van der Waals surface area contributed by atoms with Crippen molar-refractivity contribution in [2.24, 2.45) is 5.14 Å². The summed E-state index contributed by atoms with van der Waals surface area (Å²) in [7, 11) is -4.22. The molecule has 4 nitrogen and oxygen atoms in total. The van der Waals surface area contributed by atoms with E-state index in [-0.39, 0.29) is 0 Å². The fraction of sp³-hybridized carbons (Fsp3) is 0.286. The molecule has 0 amide bonds. The topological polar surface area (TPSA) is 73.1 Å². The second-order valence-electron chi connectivity index (χ2n) is 2.73. The van der Waals surface area contributed by atoms with E-state index >= 15 is 0 Å². The number of primary sulfonamides is 1. The van der Waals surface area contributed by atoms with Gasteiger partial charge in [0, 0.05) is 6.20 Å². The lowest BCUT2D eigenvalue weighted by atomic mass is 10.2. The summed E-state index contributed by atoms with van der Waals surface area (Å²) in [5.74, 6) is -4.98.